The summed E-state index contributed by atoms with van der Waals surface area (Å²) in [4.78, 5) is 29.9. The molecule has 0 saturated heterocycles. The molecule has 2 amide bonds. The molecule has 0 aliphatic rings. The van der Waals surface area contributed by atoms with Gasteiger partial charge in [-0.3, -0.25) is 20.6 Å². The van der Waals surface area contributed by atoms with Gasteiger partial charge in [-0.25, -0.2) is 18.4 Å². The van der Waals surface area contributed by atoms with E-state index in [0.29, 0.717) is 9.26 Å². The topological polar surface area (TPSA) is 102 Å². The van der Waals surface area contributed by atoms with E-state index < -0.39 is 35.0 Å². The van der Waals surface area contributed by atoms with E-state index in [9.17, 15) is 18.4 Å². The molecule has 170 valence electrons. The maximum Gasteiger partial charge on any atom is 0.412 e. The van der Waals surface area contributed by atoms with Gasteiger partial charge in [-0.05, 0) is 64.1 Å². The highest BCUT2D eigenvalue weighted by molar-refractivity contribution is 14.1. The Balaban J connectivity index is 0.000000311. The summed E-state index contributed by atoms with van der Waals surface area (Å²) in [6, 6.07) is 1.16. The second-order valence-corrected chi connectivity index (χ2v) is 9.21. The molecule has 0 atom stereocenters. The van der Waals surface area contributed by atoms with Gasteiger partial charge in [0.15, 0.2) is 5.82 Å². The van der Waals surface area contributed by atoms with Gasteiger partial charge in [-0.2, -0.15) is 0 Å². The first-order valence-corrected chi connectivity index (χ1v) is 10.1. The Bertz CT molecular complexity index is 915. The lowest BCUT2D eigenvalue weighted by Gasteiger charge is -2.19. The quantitative estimate of drug-likeness (QED) is 0.463. The molecule has 0 bridgehead atoms. The van der Waals surface area contributed by atoms with E-state index in [1.165, 1.54) is 12.4 Å². The lowest BCUT2D eigenvalue weighted by molar-refractivity contribution is 0.0624. The molecule has 8 nitrogen and oxygen atoms in total. The van der Waals surface area contributed by atoms with Crippen molar-refractivity contribution in [3.8, 4) is 0 Å². The zero-order valence-corrected chi connectivity index (χ0v) is 20.2. The molecule has 0 spiro atoms. The summed E-state index contributed by atoms with van der Waals surface area (Å²) < 4.78 is 36.1. The van der Waals surface area contributed by atoms with E-state index in [-0.39, 0.29) is 5.69 Å². The van der Waals surface area contributed by atoms with Gasteiger partial charge in [-0.15, -0.1) is 0 Å². The van der Waals surface area contributed by atoms with Crippen LogP contribution in [0.5, 0.6) is 0 Å². The summed E-state index contributed by atoms with van der Waals surface area (Å²) in [5.74, 6) is -0.988. The Morgan fingerprint density at radius 2 is 1.39 bits per heavy atom. The van der Waals surface area contributed by atoms with E-state index in [2.05, 4.69) is 20.6 Å². The molecule has 0 unspecified atom stereocenters. The predicted octanol–water partition coefficient (Wildman–Crippen LogP) is 5.74. The molecular weight excluding hydrogens is 525 g/mol. The number of carbonyl (C=O) groups is 2. The van der Waals surface area contributed by atoms with Crippen LogP contribution >= 0.6 is 22.6 Å². The van der Waals surface area contributed by atoms with E-state index >= 15 is 0 Å². The molecule has 2 aromatic rings. The lowest BCUT2D eigenvalue weighted by Crippen LogP contribution is -2.27. The summed E-state index contributed by atoms with van der Waals surface area (Å²) in [6.07, 6.45) is 3.59. The number of aromatic nitrogens is 2. The minimum atomic E-state index is -0.630. The van der Waals surface area contributed by atoms with Gasteiger partial charge in [0, 0.05) is 6.07 Å². The van der Waals surface area contributed by atoms with Crippen LogP contribution in [0.1, 0.15) is 41.5 Å². The van der Waals surface area contributed by atoms with Crippen molar-refractivity contribution in [1.29, 1.82) is 0 Å². The lowest BCUT2D eigenvalue weighted by atomic mass is 10.2. The van der Waals surface area contributed by atoms with Gasteiger partial charge in [0.1, 0.15) is 17.0 Å². The van der Waals surface area contributed by atoms with E-state index in [1.54, 1.807) is 64.1 Å². The summed E-state index contributed by atoms with van der Waals surface area (Å²) in [7, 11) is 0. The maximum atomic E-state index is 13.1. The van der Waals surface area contributed by atoms with Crippen LogP contribution in [0, 0.1) is 15.2 Å². The summed E-state index contributed by atoms with van der Waals surface area (Å²) in [5.41, 5.74) is -0.597. The largest absolute Gasteiger partial charge is 0.444 e. The minimum Gasteiger partial charge on any atom is -0.444 e. The number of halogens is 3. The van der Waals surface area contributed by atoms with Gasteiger partial charge in [0.2, 0.25) is 0 Å². The fraction of sp³-hybridized carbons (Fsp3) is 0.400. The number of nitrogens with zero attached hydrogens (tertiary/aromatic N) is 2. The van der Waals surface area contributed by atoms with E-state index in [1.807, 2.05) is 0 Å². The van der Waals surface area contributed by atoms with Crippen molar-refractivity contribution < 1.29 is 27.8 Å². The molecule has 2 aromatic heterocycles. The smallest absolute Gasteiger partial charge is 0.412 e. The van der Waals surface area contributed by atoms with Crippen LogP contribution in [0.25, 0.3) is 0 Å². The molecule has 0 radical (unpaired) electrons. The van der Waals surface area contributed by atoms with Crippen molar-refractivity contribution in [1.82, 2.24) is 9.97 Å². The molecule has 0 saturated carbocycles. The van der Waals surface area contributed by atoms with Crippen LogP contribution in [0.15, 0.2) is 30.9 Å². The van der Waals surface area contributed by atoms with Gasteiger partial charge in [-0.1, -0.05) is 0 Å². The van der Waals surface area contributed by atoms with Crippen LogP contribution in [-0.2, 0) is 9.47 Å². The molecule has 0 aliphatic carbocycles. The number of hydrogen-bond acceptors (Lipinski definition) is 6. The van der Waals surface area contributed by atoms with Crippen molar-refractivity contribution in [2.45, 2.75) is 52.7 Å². The van der Waals surface area contributed by atoms with Crippen molar-refractivity contribution >= 4 is 46.2 Å². The van der Waals surface area contributed by atoms with Crippen molar-refractivity contribution in [3.05, 3.63) is 46.1 Å². The molecule has 2 heterocycles. The number of rotatable bonds is 2. The standard InChI is InChI=1S/C10H12FIN2O2.C10H13FN2O2/c1-10(2,3)16-9(15)14-7-5-13-4-6(11)8(7)12;1-10(2,3)15-9(14)13-8-4-7(11)5-12-6-8/h4-5H,1-3H3,(H,14,15);4-6H,1-3H3,(H,13,14). The van der Waals surface area contributed by atoms with Crippen LogP contribution < -0.4 is 10.6 Å². The fourth-order valence-electron chi connectivity index (χ4n) is 1.82. The summed E-state index contributed by atoms with van der Waals surface area (Å²) >= 11 is 1.79. The third kappa shape index (κ3) is 11.4. The number of nitrogens with one attached hydrogen (secondary N) is 2. The third-order valence-corrected chi connectivity index (χ3v) is 3.92. The average Bonchev–Trinajstić information content (AvgIpc) is 2.56. The first kappa shape index (κ1) is 26.5. The normalized spacial score (nSPS) is 11.0. The van der Waals surface area contributed by atoms with Crippen LogP contribution in [-0.4, -0.2) is 33.4 Å². The zero-order valence-electron chi connectivity index (χ0n) is 18.0. The monoisotopic (exact) mass is 550 g/mol. The highest BCUT2D eigenvalue weighted by atomic mass is 127. The van der Waals surface area contributed by atoms with Crippen LogP contribution in [0.2, 0.25) is 0 Å². The Morgan fingerprint density at radius 3 is 1.90 bits per heavy atom. The highest BCUT2D eigenvalue weighted by Gasteiger charge is 2.18. The molecule has 2 rings (SSSR count). The van der Waals surface area contributed by atoms with E-state index in [4.69, 9.17) is 9.47 Å². The Morgan fingerprint density at radius 1 is 0.871 bits per heavy atom. The van der Waals surface area contributed by atoms with Gasteiger partial charge >= 0.3 is 12.2 Å². The number of carbonyl (C=O) groups excluding carboxylic acids is 2. The van der Waals surface area contributed by atoms with Crippen molar-refractivity contribution in [2.24, 2.45) is 0 Å². The first-order chi connectivity index (χ1) is 14.2. The molecule has 2 N–H and O–H groups in total. The second-order valence-electron chi connectivity index (χ2n) is 8.13. The molecule has 11 heteroatoms. The third-order valence-electron chi connectivity index (χ3n) is 2.82. The van der Waals surface area contributed by atoms with Gasteiger partial charge in [0.25, 0.3) is 0 Å². The molecule has 31 heavy (non-hydrogen) atoms. The number of anilines is 2. The Labute approximate surface area is 193 Å². The van der Waals surface area contributed by atoms with E-state index in [0.717, 1.165) is 18.5 Å². The van der Waals surface area contributed by atoms with Crippen LogP contribution in [0.3, 0.4) is 0 Å². The second kappa shape index (κ2) is 11.2. The Hall–Kier alpha value is -2.57. The number of hydrogen-bond donors (Lipinski definition) is 2. The van der Waals surface area contributed by atoms with Gasteiger partial charge < -0.3 is 9.47 Å². The summed E-state index contributed by atoms with van der Waals surface area (Å²) in [5, 5.41) is 4.81. The first-order valence-electron chi connectivity index (χ1n) is 9.06. The number of pyridine rings is 2. The average molecular weight is 550 g/mol. The Kier molecular flexibility index (Phi) is 9.53. The van der Waals surface area contributed by atoms with Crippen LogP contribution in [0.4, 0.5) is 29.7 Å². The predicted molar refractivity (Wildman–Crippen MR) is 121 cm³/mol. The molecule has 0 aliphatic heterocycles. The van der Waals surface area contributed by atoms with Crippen molar-refractivity contribution in [3.63, 3.8) is 0 Å². The SMILES string of the molecule is CC(C)(C)OC(=O)Nc1cncc(F)c1.CC(C)(C)OC(=O)Nc1cncc(F)c1I. The van der Waals surface area contributed by atoms with Gasteiger partial charge in [0.05, 0.1) is 39.7 Å². The number of amides is 2. The molecular formula is C20H25F2IN4O4. The maximum absolute atomic E-state index is 13.1. The molecule has 0 fully saturated rings. The minimum absolute atomic E-state index is 0.268. The fourth-order valence-corrected chi connectivity index (χ4v) is 2.24. The summed E-state index contributed by atoms with van der Waals surface area (Å²) in [6.45, 7) is 10.5. The zero-order chi connectivity index (χ0) is 23.8. The molecule has 0 aromatic carbocycles. The number of ether oxygens (including phenoxy) is 2. The van der Waals surface area contributed by atoms with Crippen molar-refractivity contribution in [2.75, 3.05) is 10.6 Å². The highest BCUT2D eigenvalue weighted by Crippen LogP contribution is 2.20.